The van der Waals surface area contributed by atoms with Gasteiger partial charge in [0.2, 0.25) is 21.7 Å². The topological polar surface area (TPSA) is 128 Å². The maximum Gasteiger partial charge on any atom is 0.343 e. The van der Waals surface area contributed by atoms with Gasteiger partial charge in [-0.3, -0.25) is 14.2 Å². The van der Waals surface area contributed by atoms with Gasteiger partial charge in [-0.25, -0.2) is 26.9 Å². The Hall–Kier alpha value is -4.84. The summed E-state index contributed by atoms with van der Waals surface area (Å²) in [7, 11) is -2.82. The van der Waals surface area contributed by atoms with Crippen LogP contribution in [0.1, 0.15) is 32.0 Å². The second kappa shape index (κ2) is 11.5. The van der Waals surface area contributed by atoms with Gasteiger partial charge in [0.1, 0.15) is 5.82 Å². The van der Waals surface area contributed by atoms with Crippen LogP contribution in [0.4, 0.5) is 16.0 Å². The molecule has 3 aromatic carbocycles. The molecule has 0 saturated carbocycles. The first-order valence-corrected chi connectivity index (χ1v) is 13.8. The molecule has 4 aromatic rings. The molecule has 1 amide bonds. The molecule has 12 heteroatoms. The van der Waals surface area contributed by atoms with Crippen LogP contribution < -0.4 is 19.9 Å². The number of aryl methyl sites for hydroxylation is 1. The molecule has 4 rings (SSSR count). The predicted molar refractivity (Wildman–Crippen MR) is 147 cm³/mol. The van der Waals surface area contributed by atoms with E-state index in [1.807, 2.05) is 6.92 Å². The number of amides is 1. The van der Waals surface area contributed by atoms with Crippen molar-refractivity contribution < 1.29 is 27.1 Å². The van der Waals surface area contributed by atoms with E-state index in [1.54, 1.807) is 30.3 Å². The predicted octanol–water partition coefficient (Wildman–Crippen LogP) is 3.47. The second-order valence-corrected chi connectivity index (χ2v) is 10.7. The van der Waals surface area contributed by atoms with E-state index in [0.717, 1.165) is 20.7 Å². The first kappa shape index (κ1) is 28.2. The van der Waals surface area contributed by atoms with E-state index in [4.69, 9.17) is 4.74 Å². The lowest BCUT2D eigenvalue weighted by Gasteiger charge is -2.24. The lowest BCUT2D eigenvalue weighted by molar-refractivity contribution is 0.0727. The summed E-state index contributed by atoms with van der Waals surface area (Å²) in [6.07, 6.45) is 0.927. The summed E-state index contributed by atoms with van der Waals surface area (Å²) in [6.45, 7) is 1.74. The first-order valence-electron chi connectivity index (χ1n) is 11.9. The number of nitrogens with zero attached hydrogens (tertiary/aromatic N) is 3. The minimum Gasteiger partial charge on any atom is -0.414 e. The third-order valence-corrected chi connectivity index (χ3v) is 6.83. The van der Waals surface area contributed by atoms with E-state index in [1.165, 1.54) is 55.6 Å². The molecule has 206 valence electrons. The normalized spacial score (nSPS) is 11.1. The van der Waals surface area contributed by atoms with E-state index in [0.29, 0.717) is 5.56 Å². The Balaban J connectivity index is 1.84. The van der Waals surface area contributed by atoms with Crippen LogP contribution in [0.25, 0.3) is 0 Å². The number of rotatable bonds is 8. The maximum atomic E-state index is 13.5. The minimum absolute atomic E-state index is 0.0782. The summed E-state index contributed by atoms with van der Waals surface area (Å²) in [6, 6.07) is 19.6. The number of halogens is 1. The highest BCUT2D eigenvalue weighted by molar-refractivity contribution is 7.92. The molecule has 0 atom stereocenters. The highest BCUT2D eigenvalue weighted by Gasteiger charge is 2.30. The van der Waals surface area contributed by atoms with E-state index in [9.17, 15) is 27.2 Å². The number of carbonyl (C=O) groups excluding carboxylic acids is 2. The van der Waals surface area contributed by atoms with Crippen LogP contribution >= 0.6 is 0 Å². The Morgan fingerprint density at radius 1 is 1.00 bits per heavy atom. The van der Waals surface area contributed by atoms with Gasteiger partial charge in [-0.15, -0.1) is 0 Å². The van der Waals surface area contributed by atoms with E-state index in [2.05, 4.69) is 10.3 Å². The Kier molecular flexibility index (Phi) is 8.10. The van der Waals surface area contributed by atoms with Crippen molar-refractivity contribution in [2.45, 2.75) is 13.5 Å². The van der Waals surface area contributed by atoms with Gasteiger partial charge in [0, 0.05) is 13.6 Å². The summed E-state index contributed by atoms with van der Waals surface area (Å²) in [5.74, 6) is -3.38. The fourth-order valence-electron chi connectivity index (χ4n) is 3.73. The van der Waals surface area contributed by atoms with Crippen molar-refractivity contribution in [2.75, 3.05) is 10.6 Å². The monoisotopic (exact) mass is 564 g/mol. The Bertz CT molecular complexity index is 1720. The zero-order valence-corrected chi connectivity index (χ0v) is 22.6. The van der Waals surface area contributed by atoms with Crippen LogP contribution in [0.5, 0.6) is 5.75 Å². The molecule has 40 heavy (non-hydrogen) atoms. The molecule has 1 heterocycles. The summed E-state index contributed by atoms with van der Waals surface area (Å²) >= 11 is 0. The van der Waals surface area contributed by atoms with Crippen molar-refractivity contribution in [1.29, 1.82) is 0 Å². The van der Waals surface area contributed by atoms with Gasteiger partial charge < -0.3 is 10.1 Å². The highest BCUT2D eigenvalue weighted by Crippen LogP contribution is 2.28. The number of ether oxygens (including phenoxy) is 1. The molecule has 0 aliphatic rings. The first-order chi connectivity index (χ1) is 19.0. The third kappa shape index (κ3) is 6.24. The molecule has 0 aliphatic carbocycles. The van der Waals surface area contributed by atoms with Crippen LogP contribution in [0.3, 0.4) is 0 Å². The number of sulfonamides is 1. The quantitative estimate of drug-likeness (QED) is 0.325. The number of hydrogen-bond acceptors (Lipinski definition) is 7. The zero-order chi connectivity index (χ0) is 29.0. The Morgan fingerprint density at radius 2 is 1.62 bits per heavy atom. The van der Waals surface area contributed by atoms with Gasteiger partial charge in [0.05, 0.1) is 17.5 Å². The zero-order valence-electron chi connectivity index (χ0n) is 21.8. The van der Waals surface area contributed by atoms with Gasteiger partial charge in [-0.2, -0.15) is 0 Å². The molecule has 0 saturated heterocycles. The van der Waals surface area contributed by atoms with Crippen LogP contribution in [-0.2, 0) is 23.6 Å². The number of nitrogens with one attached hydrogen (secondary N) is 1. The largest absolute Gasteiger partial charge is 0.414 e. The summed E-state index contributed by atoms with van der Waals surface area (Å²) in [4.78, 5) is 43.9. The fourth-order valence-corrected chi connectivity index (χ4v) is 4.69. The Labute approximate surface area is 229 Å². The second-order valence-electron chi connectivity index (χ2n) is 8.88. The molecular formula is C28H25FN4O6S. The van der Waals surface area contributed by atoms with Gasteiger partial charge in [-0.1, -0.05) is 48.0 Å². The standard InChI is InChI=1S/C28H25FN4O6S/c1-18-9-15-22(16-10-18)33(40(3,37)38)28-31-23(25(34)30-17-19-11-13-21(29)14-12-19)24(26(35)32(28)2)39-27(36)20-7-5-4-6-8-20/h4-16H,17H2,1-3H3,(H,30,34). The van der Waals surface area contributed by atoms with Gasteiger partial charge in [-0.05, 0) is 48.9 Å². The Morgan fingerprint density at radius 3 is 2.23 bits per heavy atom. The molecular weight excluding hydrogens is 539 g/mol. The molecule has 0 aliphatic heterocycles. The molecule has 0 fully saturated rings. The molecule has 0 unspecified atom stereocenters. The van der Waals surface area contributed by atoms with Crippen molar-refractivity contribution in [3.8, 4) is 5.75 Å². The summed E-state index contributed by atoms with van der Waals surface area (Å²) < 4.78 is 46.1. The number of benzene rings is 3. The van der Waals surface area contributed by atoms with Crippen LogP contribution in [0.15, 0.2) is 83.7 Å². The van der Waals surface area contributed by atoms with Crippen LogP contribution in [-0.4, -0.2) is 36.1 Å². The van der Waals surface area contributed by atoms with Crippen molar-refractivity contribution in [3.63, 3.8) is 0 Å². The lowest BCUT2D eigenvalue weighted by atomic mass is 10.2. The molecule has 0 spiro atoms. The summed E-state index contributed by atoms with van der Waals surface area (Å²) in [5, 5.41) is 2.56. The van der Waals surface area contributed by atoms with E-state index in [-0.39, 0.29) is 17.8 Å². The van der Waals surface area contributed by atoms with E-state index >= 15 is 0 Å². The SMILES string of the molecule is Cc1ccc(N(c2nc(C(=O)NCc3ccc(F)cc3)c(OC(=O)c3ccccc3)c(=O)n2C)S(C)(=O)=O)cc1. The van der Waals surface area contributed by atoms with Gasteiger partial charge in [0.15, 0.2) is 5.69 Å². The minimum atomic E-state index is -4.07. The van der Waals surface area contributed by atoms with Crippen molar-refractivity contribution in [3.05, 3.63) is 117 Å². The van der Waals surface area contributed by atoms with Crippen molar-refractivity contribution >= 4 is 33.5 Å². The number of aromatic nitrogens is 2. The molecule has 10 nitrogen and oxygen atoms in total. The highest BCUT2D eigenvalue weighted by atomic mass is 32.2. The third-order valence-electron chi connectivity index (χ3n) is 5.79. The maximum absolute atomic E-state index is 13.5. The van der Waals surface area contributed by atoms with E-state index < -0.39 is 50.7 Å². The average molecular weight is 565 g/mol. The molecule has 1 aromatic heterocycles. The fraction of sp³-hybridized carbons (Fsp3) is 0.143. The van der Waals surface area contributed by atoms with Gasteiger partial charge >= 0.3 is 5.97 Å². The molecule has 0 radical (unpaired) electrons. The summed E-state index contributed by atoms with van der Waals surface area (Å²) in [5.41, 5.74) is 0.111. The van der Waals surface area contributed by atoms with Crippen molar-refractivity contribution in [2.24, 2.45) is 7.05 Å². The average Bonchev–Trinajstić information content (AvgIpc) is 2.93. The number of carbonyl (C=O) groups is 2. The smallest absolute Gasteiger partial charge is 0.343 e. The van der Waals surface area contributed by atoms with Crippen molar-refractivity contribution in [1.82, 2.24) is 14.9 Å². The molecule has 0 bridgehead atoms. The molecule has 1 N–H and O–H groups in total. The van der Waals surface area contributed by atoms with Crippen LogP contribution in [0.2, 0.25) is 0 Å². The number of anilines is 2. The lowest BCUT2D eigenvalue weighted by Crippen LogP contribution is -2.36. The number of hydrogen-bond donors (Lipinski definition) is 1. The van der Waals surface area contributed by atoms with Crippen LogP contribution in [0, 0.1) is 12.7 Å². The van der Waals surface area contributed by atoms with Gasteiger partial charge in [0.25, 0.3) is 11.5 Å². The number of esters is 1.